The third kappa shape index (κ3) is 4.66. The minimum Gasteiger partial charge on any atom is -0.371 e. The van der Waals surface area contributed by atoms with Crippen LogP contribution in [-0.4, -0.2) is 45.4 Å². The van der Waals surface area contributed by atoms with Gasteiger partial charge in [0.05, 0.1) is 25.1 Å². The van der Waals surface area contributed by atoms with E-state index in [-0.39, 0.29) is 35.3 Å². The maximum Gasteiger partial charge on any atom is 0.276 e. The Morgan fingerprint density at radius 1 is 1.25 bits per heavy atom. The Labute approximate surface area is 172 Å². The van der Waals surface area contributed by atoms with Crippen LogP contribution in [0.25, 0.3) is 5.82 Å². The standard InChI is InChI=1S/C18H17ClN6O2.ClH/c19-16-10-21-11-17(23-16)25-7-5-14(24-25)18(26)22-13-3-1-12(2-4-13)15-9-20-6-8-27-15;/h1-5,7,10-11,15,20H,6,8-9H2,(H,22,26);1H/t15-;/m1./s1. The lowest BCUT2D eigenvalue weighted by Gasteiger charge is -2.24. The number of carbonyl (C=O) groups is 1. The van der Waals surface area contributed by atoms with Crippen LogP contribution in [0.4, 0.5) is 5.69 Å². The van der Waals surface area contributed by atoms with Crippen LogP contribution in [0.5, 0.6) is 0 Å². The van der Waals surface area contributed by atoms with Crippen LogP contribution in [0.2, 0.25) is 5.15 Å². The number of hydrogen-bond acceptors (Lipinski definition) is 6. The summed E-state index contributed by atoms with van der Waals surface area (Å²) in [5.41, 5.74) is 2.02. The first kappa shape index (κ1) is 20.2. The van der Waals surface area contributed by atoms with E-state index in [9.17, 15) is 4.79 Å². The second kappa shape index (κ2) is 9.11. The molecule has 0 radical (unpaired) electrons. The van der Waals surface area contributed by atoms with Crippen molar-refractivity contribution in [1.82, 2.24) is 25.1 Å². The van der Waals surface area contributed by atoms with Gasteiger partial charge in [0.1, 0.15) is 5.15 Å². The van der Waals surface area contributed by atoms with Gasteiger partial charge in [0, 0.05) is 25.0 Å². The molecule has 4 rings (SSSR count). The number of halogens is 2. The average Bonchev–Trinajstić information content (AvgIpc) is 3.20. The fraction of sp³-hybridized carbons (Fsp3) is 0.222. The van der Waals surface area contributed by atoms with E-state index in [2.05, 4.69) is 25.7 Å². The summed E-state index contributed by atoms with van der Waals surface area (Å²) in [6, 6.07) is 9.21. The van der Waals surface area contributed by atoms with Crippen LogP contribution in [0.1, 0.15) is 22.2 Å². The Morgan fingerprint density at radius 3 is 2.79 bits per heavy atom. The fourth-order valence-corrected chi connectivity index (χ4v) is 2.91. The molecule has 146 valence electrons. The first-order valence-corrected chi connectivity index (χ1v) is 8.84. The zero-order valence-electron chi connectivity index (χ0n) is 14.7. The summed E-state index contributed by atoms with van der Waals surface area (Å²) in [5, 5.41) is 10.6. The molecule has 0 saturated carbocycles. The fourth-order valence-electron chi connectivity index (χ4n) is 2.77. The number of nitrogens with zero attached hydrogens (tertiary/aromatic N) is 4. The Morgan fingerprint density at radius 2 is 2.07 bits per heavy atom. The first-order valence-electron chi connectivity index (χ1n) is 8.46. The summed E-state index contributed by atoms with van der Waals surface area (Å²) < 4.78 is 7.17. The van der Waals surface area contributed by atoms with Crippen molar-refractivity contribution in [2.24, 2.45) is 0 Å². The topological polar surface area (TPSA) is 94.0 Å². The highest BCUT2D eigenvalue weighted by atomic mass is 35.5. The van der Waals surface area contributed by atoms with Crippen molar-refractivity contribution in [3.8, 4) is 5.82 Å². The summed E-state index contributed by atoms with van der Waals surface area (Å²) in [6.07, 6.45) is 4.62. The molecule has 0 bridgehead atoms. The molecule has 28 heavy (non-hydrogen) atoms. The molecule has 1 saturated heterocycles. The van der Waals surface area contributed by atoms with Gasteiger partial charge in [0.25, 0.3) is 5.91 Å². The van der Waals surface area contributed by atoms with Crippen molar-refractivity contribution in [2.45, 2.75) is 6.10 Å². The third-order valence-corrected chi connectivity index (χ3v) is 4.30. The van der Waals surface area contributed by atoms with Crippen LogP contribution in [0.3, 0.4) is 0 Å². The number of anilines is 1. The normalized spacial score (nSPS) is 16.2. The van der Waals surface area contributed by atoms with Crippen LogP contribution in [0, 0.1) is 0 Å². The molecule has 1 aromatic carbocycles. The molecule has 1 atom stereocenters. The van der Waals surface area contributed by atoms with Crippen LogP contribution in [0.15, 0.2) is 48.9 Å². The molecule has 0 unspecified atom stereocenters. The zero-order valence-corrected chi connectivity index (χ0v) is 16.3. The number of nitrogens with one attached hydrogen (secondary N) is 2. The Kier molecular flexibility index (Phi) is 6.58. The van der Waals surface area contributed by atoms with Gasteiger partial charge >= 0.3 is 0 Å². The molecular weight excluding hydrogens is 403 g/mol. The van der Waals surface area contributed by atoms with Gasteiger partial charge in [-0.15, -0.1) is 12.4 Å². The summed E-state index contributed by atoms with van der Waals surface area (Å²) >= 11 is 5.83. The molecule has 3 heterocycles. The van der Waals surface area contributed by atoms with Gasteiger partial charge in [-0.05, 0) is 23.8 Å². The second-order valence-electron chi connectivity index (χ2n) is 5.99. The van der Waals surface area contributed by atoms with Crippen molar-refractivity contribution >= 4 is 35.6 Å². The van der Waals surface area contributed by atoms with Gasteiger partial charge in [0.2, 0.25) is 0 Å². The van der Waals surface area contributed by atoms with Crippen molar-refractivity contribution in [1.29, 1.82) is 0 Å². The largest absolute Gasteiger partial charge is 0.371 e. The molecule has 10 heteroatoms. The zero-order chi connectivity index (χ0) is 18.6. The van der Waals surface area contributed by atoms with E-state index in [4.69, 9.17) is 16.3 Å². The number of aromatic nitrogens is 4. The number of morpholine rings is 1. The van der Waals surface area contributed by atoms with Crippen molar-refractivity contribution in [3.05, 3.63) is 65.3 Å². The van der Waals surface area contributed by atoms with Crippen molar-refractivity contribution in [3.63, 3.8) is 0 Å². The van der Waals surface area contributed by atoms with E-state index in [1.165, 1.54) is 17.1 Å². The first-order chi connectivity index (χ1) is 13.2. The molecule has 2 N–H and O–H groups in total. The number of benzene rings is 1. The highest BCUT2D eigenvalue weighted by molar-refractivity contribution is 6.29. The number of carbonyl (C=O) groups excluding carboxylic acids is 1. The molecule has 8 nitrogen and oxygen atoms in total. The predicted molar refractivity (Wildman–Crippen MR) is 107 cm³/mol. The lowest BCUT2D eigenvalue weighted by atomic mass is 10.1. The number of ether oxygens (including phenoxy) is 1. The van der Waals surface area contributed by atoms with Gasteiger partial charge in [-0.3, -0.25) is 9.78 Å². The Balaban J connectivity index is 0.00000225. The molecule has 1 aliphatic heterocycles. The van der Waals surface area contributed by atoms with Gasteiger partial charge < -0.3 is 15.4 Å². The second-order valence-corrected chi connectivity index (χ2v) is 6.37. The Hall–Kier alpha value is -2.52. The molecule has 3 aromatic rings. The number of amides is 1. The van der Waals surface area contributed by atoms with E-state index in [1.54, 1.807) is 12.3 Å². The van der Waals surface area contributed by atoms with Crippen LogP contribution >= 0.6 is 24.0 Å². The summed E-state index contributed by atoms with van der Waals surface area (Å²) in [6.45, 7) is 2.36. The average molecular weight is 421 g/mol. The molecule has 1 aliphatic rings. The maximum absolute atomic E-state index is 12.4. The highest BCUT2D eigenvalue weighted by Crippen LogP contribution is 2.21. The molecular formula is C18H18Cl2N6O2. The van der Waals surface area contributed by atoms with Gasteiger partial charge in [0.15, 0.2) is 11.5 Å². The van der Waals surface area contributed by atoms with Crippen LogP contribution < -0.4 is 10.6 Å². The highest BCUT2D eigenvalue weighted by Gasteiger charge is 2.16. The molecule has 1 amide bonds. The summed E-state index contributed by atoms with van der Waals surface area (Å²) in [7, 11) is 0. The van der Waals surface area contributed by atoms with E-state index in [0.29, 0.717) is 18.1 Å². The van der Waals surface area contributed by atoms with Crippen LogP contribution in [-0.2, 0) is 4.74 Å². The van der Waals surface area contributed by atoms with E-state index in [0.717, 1.165) is 18.7 Å². The number of rotatable bonds is 4. The monoisotopic (exact) mass is 420 g/mol. The minimum absolute atomic E-state index is 0. The minimum atomic E-state index is -0.313. The van der Waals surface area contributed by atoms with Gasteiger partial charge in [-0.1, -0.05) is 23.7 Å². The van der Waals surface area contributed by atoms with E-state index < -0.39 is 0 Å². The van der Waals surface area contributed by atoms with E-state index in [1.807, 2.05) is 24.3 Å². The summed E-state index contributed by atoms with van der Waals surface area (Å²) in [5.74, 6) is 0.124. The maximum atomic E-state index is 12.4. The lowest BCUT2D eigenvalue weighted by Crippen LogP contribution is -2.33. The SMILES string of the molecule is Cl.O=C(Nc1ccc([C@H]2CNCCO2)cc1)c1ccn(-c2cncc(Cl)n2)n1. The molecule has 0 aliphatic carbocycles. The van der Waals surface area contributed by atoms with E-state index >= 15 is 0 Å². The smallest absolute Gasteiger partial charge is 0.276 e. The Bertz CT molecular complexity index is 941. The molecule has 1 fully saturated rings. The quantitative estimate of drug-likeness (QED) is 0.673. The van der Waals surface area contributed by atoms with Crippen molar-refractivity contribution < 1.29 is 9.53 Å². The molecule has 2 aromatic heterocycles. The lowest BCUT2D eigenvalue weighted by molar-refractivity contribution is 0.0277. The predicted octanol–water partition coefficient (Wildman–Crippen LogP) is 2.65. The van der Waals surface area contributed by atoms with Gasteiger partial charge in [-0.25, -0.2) is 9.67 Å². The molecule has 0 spiro atoms. The van der Waals surface area contributed by atoms with Crippen molar-refractivity contribution in [2.75, 3.05) is 25.0 Å². The van der Waals surface area contributed by atoms with Gasteiger partial charge in [-0.2, -0.15) is 5.10 Å². The third-order valence-electron chi connectivity index (χ3n) is 4.12. The summed E-state index contributed by atoms with van der Waals surface area (Å²) in [4.78, 5) is 20.5. The number of hydrogen-bond donors (Lipinski definition) is 2.